The highest BCUT2D eigenvalue weighted by Crippen LogP contribution is 2.25. The Morgan fingerprint density at radius 3 is 2.26 bits per heavy atom. The van der Waals surface area contributed by atoms with Gasteiger partial charge in [0.1, 0.15) is 11.9 Å². The standard InChI is InChI=1S/C33H33F3N6O5/c34-33(35,36)32(46)47-30(44)19-26(24-14-12-23(13-15-24)22-8-2-1-3-9-22)42-31(45)27(18-25-20-37-21-40-25)41-29(43)11-5-7-17-39-28-10-4-6-16-38-28/h1-4,6,8-10,12-16,20-21,26-27H,5,7,11,17-19H2,(H,37,40)(H,38,39)(H,41,43)(H,42,45)/t26?,27-/m1/s1. The minimum absolute atomic E-state index is 0.00940. The molecule has 14 heteroatoms. The summed E-state index contributed by atoms with van der Waals surface area (Å²) in [6.45, 7) is 0.583. The minimum Gasteiger partial charge on any atom is -0.386 e. The van der Waals surface area contributed by atoms with Crippen LogP contribution < -0.4 is 16.0 Å². The molecular weight excluding hydrogens is 617 g/mol. The lowest BCUT2D eigenvalue weighted by atomic mass is 9.98. The van der Waals surface area contributed by atoms with E-state index in [0.717, 1.165) is 11.1 Å². The van der Waals surface area contributed by atoms with Crippen molar-refractivity contribution in [1.29, 1.82) is 0 Å². The number of hydrogen-bond acceptors (Lipinski definition) is 8. The number of aromatic amines is 1. The Balaban J connectivity index is 1.45. The third-order valence-electron chi connectivity index (χ3n) is 6.98. The number of H-pyrrole nitrogens is 1. The summed E-state index contributed by atoms with van der Waals surface area (Å²) in [6, 6.07) is 19.1. The number of alkyl halides is 3. The van der Waals surface area contributed by atoms with Crippen LogP contribution in [0.5, 0.6) is 0 Å². The van der Waals surface area contributed by atoms with E-state index in [4.69, 9.17) is 0 Å². The van der Waals surface area contributed by atoms with Crippen LogP contribution in [0.1, 0.15) is 43.0 Å². The molecule has 4 rings (SSSR count). The average molecular weight is 651 g/mol. The molecule has 0 bridgehead atoms. The number of anilines is 1. The Morgan fingerprint density at radius 2 is 1.60 bits per heavy atom. The number of carbonyl (C=O) groups excluding carboxylic acids is 4. The quantitative estimate of drug-likeness (QED) is 0.0823. The van der Waals surface area contributed by atoms with Gasteiger partial charge in [-0.05, 0) is 41.7 Å². The van der Waals surface area contributed by atoms with Gasteiger partial charge in [0.05, 0.1) is 18.8 Å². The fourth-order valence-electron chi connectivity index (χ4n) is 4.62. The van der Waals surface area contributed by atoms with Gasteiger partial charge in [-0.15, -0.1) is 0 Å². The number of benzene rings is 2. The normalized spacial score (nSPS) is 12.4. The molecule has 0 aliphatic carbocycles. The summed E-state index contributed by atoms with van der Waals surface area (Å²) in [5.74, 6) is -4.55. The fourth-order valence-corrected chi connectivity index (χ4v) is 4.62. The van der Waals surface area contributed by atoms with Crippen LogP contribution in [0.2, 0.25) is 0 Å². The van der Waals surface area contributed by atoms with Gasteiger partial charge in [-0.2, -0.15) is 13.2 Å². The van der Waals surface area contributed by atoms with E-state index in [1.807, 2.05) is 42.5 Å². The number of ether oxygens (including phenoxy) is 1. The van der Waals surface area contributed by atoms with Crippen molar-refractivity contribution >= 4 is 29.6 Å². The van der Waals surface area contributed by atoms with Gasteiger partial charge in [0.15, 0.2) is 0 Å². The lowest BCUT2D eigenvalue weighted by Gasteiger charge is -2.23. The van der Waals surface area contributed by atoms with E-state index in [2.05, 4.69) is 35.6 Å². The van der Waals surface area contributed by atoms with E-state index in [0.29, 0.717) is 36.5 Å². The van der Waals surface area contributed by atoms with Gasteiger partial charge in [0, 0.05) is 37.5 Å². The van der Waals surface area contributed by atoms with Crippen LogP contribution >= 0.6 is 0 Å². The maximum absolute atomic E-state index is 13.6. The van der Waals surface area contributed by atoms with Crippen LogP contribution in [0.3, 0.4) is 0 Å². The Kier molecular flexibility index (Phi) is 12.2. The van der Waals surface area contributed by atoms with Crippen molar-refractivity contribution in [1.82, 2.24) is 25.6 Å². The molecule has 2 aromatic carbocycles. The zero-order chi connectivity index (χ0) is 33.6. The van der Waals surface area contributed by atoms with Gasteiger partial charge in [0.2, 0.25) is 11.8 Å². The summed E-state index contributed by atoms with van der Waals surface area (Å²) in [6.07, 6.45) is -0.313. The second kappa shape index (κ2) is 16.7. The van der Waals surface area contributed by atoms with Crippen molar-refractivity contribution in [2.24, 2.45) is 0 Å². The molecule has 0 aliphatic rings. The van der Waals surface area contributed by atoms with Gasteiger partial charge >= 0.3 is 18.1 Å². The zero-order valence-corrected chi connectivity index (χ0v) is 25.1. The van der Waals surface area contributed by atoms with Crippen LogP contribution in [0.15, 0.2) is 91.5 Å². The molecule has 0 spiro atoms. The number of imidazole rings is 1. The van der Waals surface area contributed by atoms with E-state index in [-0.39, 0.29) is 12.8 Å². The number of halogens is 3. The molecule has 4 N–H and O–H groups in total. The fraction of sp³-hybridized carbons (Fsp3) is 0.273. The number of esters is 2. The molecule has 0 saturated carbocycles. The highest BCUT2D eigenvalue weighted by atomic mass is 19.4. The molecule has 2 amide bonds. The molecule has 2 atom stereocenters. The Morgan fingerprint density at radius 1 is 0.872 bits per heavy atom. The van der Waals surface area contributed by atoms with Crippen molar-refractivity contribution in [3.8, 4) is 11.1 Å². The van der Waals surface area contributed by atoms with E-state index >= 15 is 0 Å². The molecule has 2 heterocycles. The maximum Gasteiger partial charge on any atom is 0.491 e. The number of pyridine rings is 1. The number of carbonyl (C=O) groups is 4. The summed E-state index contributed by atoms with van der Waals surface area (Å²) in [7, 11) is 0. The first-order valence-corrected chi connectivity index (χ1v) is 14.8. The minimum atomic E-state index is -5.38. The number of hydrogen-bond donors (Lipinski definition) is 4. The summed E-state index contributed by atoms with van der Waals surface area (Å²) >= 11 is 0. The smallest absolute Gasteiger partial charge is 0.386 e. The van der Waals surface area contributed by atoms with Crippen LogP contribution in [0.25, 0.3) is 11.1 Å². The second-order valence-corrected chi connectivity index (χ2v) is 10.5. The Hall–Kier alpha value is -5.53. The number of rotatable bonds is 15. The number of nitrogens with zero attached hydrogens (tertiary/aromatic N) is 2. The van der Waals surface area contributed by atoms with E-state index in [1.54, 1.807) is 36.5 Å². The first-order valence-electron chi connectivity index (χ1n) is 14.8. The highest BCUT2D eigenvalue weighted by Gasteiger charge is 2.42. The summed E-state index contributed by atoms with van der Waals surface area (Å²) in [5, 5.41) is 8.51. The van der Waals surface area contributed by atoms with Gasteiger partial charge in [-0.25, -0.2) is 14.8 Å². The lowest BCUT2D eigenvalue weighted by molar-refractivity contribution is -0.202. The SMILES string of the molecule is O=C(CCCCNc1ccccn1)N[C@H](Cc1cnc[nH]1)C(=O)NC(CC(=O)OC(=O)C(F)(F)F)c1ccc(-c2ccccc2)cc1. The molecule has 0 radical (unpaired) electrons. The second-order valence-electron chi connectivity index (χ2n) is 10.5. The maximum atomic E-state index is 13.6. The highest BCUT2D eigenvalue weighted by molar-refractivity contribution is 5.90. The number of aromatic nitrogens is 3. The summed E-state index contributed by atoms with van der Waals surface area (Å²) in [4.78, 5) is 61.2. The van der Waals surface area contributed by atoms with Crippen molar-refractivity contribution < 1.29 is 37.1 Å². The van der Waals surface area contributed by atoms with Crippen LogP contribution in [0, 0.1) is 0 Å². The molecule has 0 saturated heterocycles. The van der Waals surface area contributed by atoms with E-state index < -0.39 is 48.4 Å². The molecule has 1 unspecified atom stereocenters. The summed E-state index contributed by atoms with van der Waals surface area (Å²) in [5.41, 5.74) is 2.60. The van der Waals surface area contributed by atoms with Crippen LogP contribution in [-0.4, -0.2) is 57.5 Å². The molecular formula is C33H33F3N6O5. The van der Waals surface area contributed by atoms with Crippen molar-refractivity contribution in [3.05, 3.63) is 103 Å². The molecule has 11 nitrogen and oxygen atoms in total. The molecule has 4 aromatic rings. The van der Waals surface area contributed by atoms with E-state index in [1.165, 1.54) is 12.5 Å². The van der Waals surface area contributed by atoms with Crippen LogP contribution in [0.4, 0.5) is 19.0 Å². The summed E-state index contributed by atoms with van der Waals surface area (Å²) < 4.78 is 42.3. The van der Waals surface area contributed by atoms with Crippen molar-refractivity contribution in [3.63, 3.8) is 0 Å². The van der Waals surface area contributed by atoms with Gasteiger partial charge < -0.3 is 25.7 Å². The predicted octanol–water partition coefficient (Wildman–Crippen LogP) is 4.66. The van der Waals surface area contributed by atoms with Gasteiger partial charge in [0.25, 0.3) is 0 Å². The van der Waals surface area contributed by atoms with Gasteiger partial charge in [-0.3, -0.25) is 14.4 Å². The Bertz CT molecular complexity index is 1600. The van der Waals surface area contributed by atoms with E-state index in [9.17, 15) is 32.3 Å². The lowest BCUT2D eigenvalue weighted by Crippen LogP contribution is -2.49. The topological polar surface area (TPSA) is 155 Å². The van der Waals surface area contributed by atoms with Crippen LogP contribution in [-0.2, 0) is 30.3 Å². The van der Waals surface area contributed by atoms with Crippen molar-refractivity contribution in [2.45, 2.75) is 50.4 Å². The third kappa shape index (κ3) is 11.1. The first kappa shape index (κ1) is 34.3. The molecule has 0 aliphatic heterocycles. The monoisotopic (exact) mass is 650 g/mol. The average Bonchev–Trinajstić information content (AvgIpc) is 3.58. The first-order chi connectivity index (χ1) is 22.6. The molecule has 2 aromatic heterocycles. The number of unbranched alkanes of at least 4 members (excludes halogenated alkanes) is 1. The number of nitrogens with one attached hydrogen (secondary N) is 4. The zero-order valence-electron chi connectivity index (χ0n) is 25.1. The molecule has 47 heavy (non-hydrogen) atoms. The third-order valence-corrected chi connectivity index (χ3v) is 6.98. The largest absolute Gasteiger partial charge is 0.491 e. The van der Waals surface area contributed by atoms with Gasteiger partial charge in [-0.1, -0.05) is 60.7 Å². The Labute approximate surface area is 268 Å². The predicted molar refractivity (Wildman–Crippen MR) is 165 cm³/mol. The molecule has 0 fully saturated rings. The molecule has 246 valence electrons. The van der Waals surface area contributed by atoms with Crippen molar-refractivity contribution in [2.75, 3.05) is 11.9 Å². The number of amides is 2.